The van der Waals surface area contributed by atoms with Crippen LogP contribution < -0.4 is 5.32 Å². The average Bonchev–Trinajstić information content (AvgIpc) is 3.23. The van der Waals surface area contributed by atoms with Crippen molar-refractivity contribution >= 4 is 12.0 Å². The predicted molar refractivity (Wildman–Crippen MR) is 89.3 cm³/mol. The molecule has 2 atom stereocenters. The summed E-state index contributed by atoms with van der Waals surface area (Å²) in [6.07, 6.45) is 8.93. The first-order valence-corrected chi connectivity index (χ1v) is 8.34. The van der Waals surface area contributed by atoms with E-state index in [1.165, 1.54) is 0 Å². The van der Waals surface area contributed by atoms with Gasteiger partial charge >= 0.3 is 0 Å². The van der Waals surface area contributed by atoms with Gasteiger partial charge in [0.25, 0.3) is 5.91 Å². The molecule has 24 heavy (non-hydrogen) atoms. The van der Waals surface area contributed by atoms with Crippen LogP contribution in [0.4, 0.5) is 0 Å². The second kappa shape index (κ2) is 6.98. The number of allylic oxidation sites excluding steroid dienone is 1. The minimum atomic E-state index is -0.182. The van der Waals surface area contributed by atoms with Gasteiger partial charge in [0.1, 0.15) is 5.69 Å². The molecule has 3 rings (SSSR count). The molecule has 1 saturated carbocycles. The van der Waals surface area contributed by atoms with Crippen LogP contribution in [-0.2, 0) is 6.54 Å². The highest BCUT2D eigenvalue weighted by molar-refractivity contribution is 5.92. The molecule has 0 spiro atoms. The van der Waals surface area contributed by atoms with E-state index in [1.807, 2.05) is 30.0 Å². The van der Waals surface area contributed by atoms with E-state index in [1.54, 1.807) is 13.8 Å². The van der Waals surface area contributed by atoms with Gasteiger partial charge in [-0.2, -0.15) is 0 Å². The number of nitrogens with one attached hydrogen (secondary N) is 1. The van der Waals surface area contributed by atoms with Crippen molar-refractivity contribution in [3.63, 3.8) is 0 Å². The van der Waals surface area contributed by atoms with Crippen molar-refractivity contribution in [2.45, 2.75) is 52.6 Å². The molecule has 0 bridgehead atoms. The van der Waals surface area contributed by atoms with Crippen molar-refractivity contribution in [1.82, 2.24) is 25.3 Å². The highest BCUT2D eigenvalue weighted by Gasteiger charge is 2.30. The van der Waals surface area contributed by atoms with Crippen molar-refractivity contribution in [3.05, 3.63) is 35.3 Å². The Bertz CT molecular complexity index is 746. The lowest BCUT2D eigenvalue weighted by Crippen LogP contribution is -2.39. The van der Waals surface area contributed by atoms with Crippen molar-refractivity contribution in [3.8, 4) is 0 Å². The van der Waals surface area contributed by atoms with Crippen LogP contribution in [-0.4, -0.2) is 31.9 Å². The van der Waals surface area contributed by atoms with Gasteiger partial charge in [-0.3, -0.25) is 9.48 Å². The molecule has 1 aliphatic carbocycles. The third kappa shape index (κ3) is 3.55. The van der Waals surface area contributed by atoms with Gasteiger partial charge in [0.15, 0.2) is 5.89 Å². The Morgan fingerprint density at radius 1 is 1.46 bits per heavy atom. The molecule has 2 aromatic heterocycles. The molecule has 7 nitrogen and oxygen atoms in total. The summed E-state index contributed by atoms with van der Waals surface area (Å²) < 4.78 is 7.27. The molecule has 0 saturated heterocycles. The Kier molecular flexibility index (Phi) is 4.78. The standard InChI is InChI=1S/C17H23N5O2/c1-4-6-14-10-22(21-20-14)9-13-7-5-8-15(13)19-17(23)16-11(2)18-12(3)24-16/h4,6,10,13,15H,5,7-9H2,1-3H3,(H,19,23)/b6-4+/t13-,15-/m0/s1. The normalized spacial score (nSPS) is 20.8. The zero-order chi connectivity index (χ0) is 17.1. The first-order chi connectivity index (χ1) is 11.6. The van der Waals surface area contributed by atoms with Gasteiger partial charge in [-0.15, -0.1) is 5.10 Å². The number of hydrogen-bond donors (Lipinski definition) is 1. The van der Waals surface area contributed by atoms with Gasteiger partial charge < -0.3 is 9.73 Å². The molecule has 2 aromatic rings. The van der Waals surface area contributed by atoms with Crippen molar-refractivity contribution in [1.29, 1.82) is 0 Å². The zero-order valence-electron chi connectivity index (χ0n) is 14.3. The van der Waals surface area contributed by atoms with Gasteiger partial charge in [-0.25, -0.2) is 4.98 Å². The van der Waals surface area contributed by atoms with E-state index in [2.05, 4.69) is 20.6 Å². The summed E-state index contributed by atoms with van der Waals surface area (Å²) in [5, 5.41) is 11.4. The fraction of sp³-hybridized carbons (Fsp3) is 0.529. The van der Waals surface area contributed by atoms with Crippen LogP contribution in [0.15, 0.2) is 16.7 Å². The van der Waals surface area contributed by atoms with E-state index in [0.29, 0.717) is 23.3 Å². The van der Waals surface area contributed by atoms with Crippen LogP contribution in [0.2, 0.25) is 0 Å². The van der Waals surface area contributed by atoms with Gasteiger partial charge in [0, 0.05) is 19.5 Å². The van der Waals surface area contributed by atoms with E-state index < -0.39 is 0 Å². The largest absolute Gasteiger partial charge is 0.436 e. The summed E-state index contributed by atoms with van der Waals surface area (Å²) in [4.78, 5) is 16.6. The van der Waals surface area contributed by atoms with Gasteiger partial charge in [0.2, 0.25) is 5.76 Å². The zero-order valence-corrected chi connectivity index (χ0v) is 14.3. The monoisotopic (exact) mass is 329 g/mol. The lowest BCUT2D eigenvalue weighted by Gasteiger charge is -2.20. The SMILES string of the molecule is C/C=C/c1cn(C[C@@H]2CCC[C@@H]2NC(=O)c2oc(C)nc2C)nn1. The van der Waals surface area contributed by atoms with Crippen LogP contribution in [0, 0.1) is 19.8 Å². The van der Waals surface area contributed by atoms with Crippen LogP contribution in [0.25, 0.3) is 6.08 Å². The quantitative estimate of drug-likeness (QED) is 0.911. The molecular formula is C17H23N5O2. The molecule has 128 valence electrons. The van der Waals surface area contributed by atoms with Gasteiger partial charge in [-0.1, -0.05) is 17.7 Å². The van der Waals surface area contributed by atoms with Crippen LogP contribution in [0.3, 0.4) is 0 Å². The van der Waals surface area contributed by atoms with Gasteiger partial charge in [-0.05, 0) is 38.7 Å². The summed E-state index contributed by atoms with van der Waals surface area (Å²) in [6, 6.07) is 0.122. The van der Waals surface area contributed by atoms with Crippen LogP contribution >= 0.6 is 0 Å². The number of amides is 1. The van der Waals surface area contributed by atoms with Crippen LogP contribution in [0.5, 0.6) is 0 Å². The smallest absolute Gasteiger partial charge is 0.289 e. The minimum Gasteiger partial charge on any atom is -0.436 e. The molecule has 0 aromatic carbocycles. The summed E-state index contributed by atoms with van der Waals surface area (Å²) in [7, 11) is 0. The number of carbonyl (C=O) groups excluding carboxylic acids is 1. The molecule has 0 aliphatic heterocycles. The number of carbonyl (C=O) groups is 1. The van der Waals surface area contributed by atoms with E-state index >= 15 is 0 Å². The van der Waals surface area contributed by atoms with Crippen molar-refractivity contribution in [2.75, 3.05) is 0 Å². The maximum atomic E-state index is 12.4. The Hall–Kier alpha value is -2.44. The maximum absolute atomic E-state index is 12.4. The molecule has 2 heterocycles. The van der Waals surface area contributed by atoms with Crippen molar-refractivity contribution < 1.29 is 9.21 Å². The number of aryl methyl sites for hydroxylation is 2. The summed E-state index contributed by atoms with van der Waals surface area (Å²) in [6.45, 7) is 6.24. The topological polar surface area (TPSA) is 85.8 Å². The molecule has 1 N–H and O–H groups in total. The fourth-order valence-electron chi connectivity index (χ4n) is 3.31. The summed E-state index contributed by atoms with van der Waals surface area (Å²) >= 11 is 0. The third-order valence-electron chi connectivity index (χ3n) is 4.40. The maximum Gasteiger partial charge on any atom is 0.289 e. The number of oxazole rings is 1. The predicted octanol–water partition coefficient (Wildman–Crippen LogP) is 2.51. The molecular weight excluding hydrogens is 306 g/mol. The second-order valence-corrected chi connectivity index (χ2v) is 6.28. The fourth-order valence-corrected chi connectivity index (χ4v) is 3.31. The number of aromatic nitrogens is 4. The molecule has 0 unspecified atom stereocenters. The van der Waals surface area contributed by atoms with E-state index in [-0.39, 0.29) is 11.9 Å². The van der Waals surface area contributed by atoms with E-state index in [0.717, 1.165) is 31.5 Å². The Morgan fingerprint density at radius 2 is 2.29 bits per heavy atom. The minimum absolute atomic E-state index is 0.122. The Labute approximate surface area is 141 Å². The third-order valence-corrected chi connectivity index (χ3v) is 4.40. The van der Waals surface area contributed by atoms with Gasteiger partial charge in [0.05, 0.1) is 11.9 Å². The van der Waals surface area contributed by atoms with E-state index in [9.17, 15) is 4.79 Å². The molecule has 1 amide bonds. The highest BCUT2D eigenvalue weighted by atomic mass is 16.4. The highest BCUT2D eigenvalue weighted by Crippen LogP contribution is 2.27. The average molecular weight is 329 g/mol. The molecule has 7 heteroatoms. The number of hydrogen-bond acceptors (Lipinski definition) is 5. The molecule has 0 radical (unpaired) electrons. The molecule has 1 fully saturated rings. The summed E-state index contributed by atoms with van der Waals surface area (Å²) in [5.41, 5.74) is 1.48. The number of rotatable bonds is 5. The van der Waals surface area contributed by atoms with Crippen molar-refractivity contribution in [2.24, 2.45) is 5.92 Å². The first kappa shape index (κ1) is 16.4. The van der Waals surface area contributed by atoms with Crippen LogP contribution in [0.1, 0.15) is 54.0 Å². The van der Waals surface area contributed by atoms with E-state index in [4.69, 9.17) is 4.42 Å². The lowest BCUT2D eigenvalue weighted by atomic mass is 10.0. The number of nitrogens with zero attached hydrogens (tertiary/aromatic N) is 4. The Balaban J connectivity index is 1.64. The molecule has 1 aliphatic rings. The second-order valence-electron chi connectivity index (χ2n) is 6.28. The lowest BCUT2D eigenvalue weighted by molar-refractivity contribution is 0.0894. The Morgan fingerprint density at radius 3 is 3.00 bits per heavy atom. The first-order valence-electron chi connectivity index (χ1n) is 8.34. The summed E-state index contributed by atoms with van der Waals surface area (Å²) in [5.74, 6) is 0.991.